The largest absolute Gasteiger partial charge is 0.430 e. The monoisotopic (exact) mass is 371 g/mol. The average Bonchev–Trinajstić information content (AvgIpc) is 2.84. The molecule has 0 radical (unpaired) electrons. The van der Waals surface area contributed by atoms with E-state index in [-0.39, 0.29) is 5.97 Å². The maximum Gasteiger partial charge on any atom is 0.356 e. The van der Waals surface area contributed by atoms with Gasteiger partial charge < -0.3 is 10.1 Å². The van der Waals surface area contributed by atoms with E-state index in [4.69, 9.17) is 4.74 Å². The van der Waals surface area contributed by atoms with Gasteiger partial charge >= 0.3 is 5.97 Å². The maximum absolute atomic E-state index is 12.6. The molecule has 0 spiro atoms. The van der Waals surface area contributed by atoms with Gasteiger partial charge in [0.15, 0.2) is 0 Å². The second-order valence-electron chi connectivity index (χ2n) is 7.80. The lowest BCUT2D eigenvalue weighted by atomic mass is 9.97. The van der Waals surface area contributed by atoms with Gasteiger partial charge in [-0.3, -0.25) is 0 Å². The van der Waals surface area contributed by atoms with Crippen molar-refractivity contribution in [3.05, 3.63) is 95.3 Å². The highest BCUT2D eigenvalue weighted by molar-refractivity contribution is 5.93. The Labute approximate surface area is 166 Å². The van der Waals surface area contributed by atoms with Crippen molar-refractivity contribution in [3.8, 4) is 0 Å². The molecule has 2 aromatic carbocycles. The van der Waals surface area contributed by atoms with Gasteiger partial charge in [0.1, 0.15) is 5.70 Å². The number of nitrogens with one attached hydrogen (secondary N) is 1. The van der Waals surface area contributed by atoms with Crippen LogP contribution in [0.1, 0.15) is 32.8 Å². The molecule has 1 atom stereocenters. The first-order valence-electron chi connectivity index (χ1n) is 9.75. The number of carbonyl (C=O) groups is 1. The van der Waals surface area contributed by atoms with E-state index in [9.17, 15) is 4.79 Å². The van der Waals surface area contributed by atoms with Crippen LogP contribution >= 0.6 is 0 Å². The van der Waals surface area contributed by atoms with Crippen molar-refractivity contribution >= 4 is 16.7 Å². The number of benzene rings is 2. The molecule has 2 aromatic rings. The number of fused-ring (bicyclic) bond motifs is 1. The number of rotatable bonds is 3. The average molecular weight is 371 g/mol. The normalized spacial score (nSPS) is 23.4. The summed E-state index contributed by atoms with van der Waals surface area (Å²) in [4.78, 5) is 12.6. The fourth-order valence-electron chi connectivity index (χ4n) is 3.78. The van der Waals surface area contributed by atoms with Gasteiger partial charge in [-0.25, -0.2) is 4.79 Å². The van der Waals surface area contributed by atoms with Crippen molar-refractivity contribution < 1.29 is 9.53 Å². The second kappa shape index (κ2) is 7.16. The molecule has 2 aliphatic rings. The third kappa shape index (κ3) is 3.40. The topological polar surface area (TPSA) is 38.3 Å². The molecular formula is C25H25NO2. The summed E-state index contributed by atoms with van der Waals surface area (Å²) in [7, 11) is 0. The summed E-state index contributed by atoms with van der Waals surface area (Å²) in [6.07, 6.45) is 11.2. The van der Waals surface area contributed by atoms with E-state index < -0.39 is 5.72 Å². The zero-order valence-electron chi connectivity index (χ0n) is 16.5. The van der Waals surface area contributed by atoms with Gasteiger partial charge in [-0.2, -0.15) is 0 Å². The van der Waals surface area contributed by atoms with Crippen LogP contribution < -0.4 is 5.32 Å². The number of ether oxygens (including phenoxy) is 1. The van der Waals surface area contributed by atoms with Crippen LogP contribution in [-0.4, -0.2) is 5.97 Å². The number of allylic oxidation sites excluding steroid dienone is 7. The number of esters is 1. The van der Waals surface area contributed by atoms with Crippen LogP contribution in [0.3, 0.4) is 0 Å². The molecule has 1 aliphatic heterocycles. The lowest BCUT2D eigenvalue weighted by Gasteiger charge is -2.25. The fourth-order valence-corrected chi connectivity index (χ4v) is 3.78. The highest BCUT2D eigenvalue weighted by Crippen LogP contribution is 2.35. The lowest BCUT2D eigenvalue weighted by Crippen LogP contribution is -2.34. The molecule has 1 heterocycles. The van der Waals surface area contributed by atoms with Crippen LogP contribution in [0.15, 0.2) is 89.7 Å². The van der Waals surface area contributed by atoms with Crippen molar-refractivity contribution in [2.45, 2.75) is 32.9 Å². The van der Waals surface area contributed by atoms with Crippen LogP contribution in [-0.2, 0) is 15.3 Å². The summed E-state index contributed by atoms with van der Waals surface area (Å²) in [5.41, 5.74) is 2.91. The Hall–Kier alpha value is -3.07. The maximum atomic E-state index is 12.6. The third-order valence-electron chi connectivity index (χ3n) is 5.40. The highest BCUT2D eigenvalue weighted by atomic mass is 16.6. The molecule has 1 aliphatic carbocycles. The van der Waals surface area contributed by atoms with Gasteiger partial charge in [-0.1, -0.05) is 86.2 Å². The first-order valence-corrected chi connectivity index (χ1v) is 9.75. The summed E-state index contributed by atoms with van der Waals surface area (Å²) in [6.45, 7) is 6.30. The SMILES string of the molecule is CC(C)C1=CC=C(/C=C2\NC(C)(c3cccc4ccccc34)OC2=O)C=CC1. The molecule has 0 saturated carbocycles. The van der Waals surface area contributed by atoms with E-state index >= 15 is 0 Å². The van der Waals surface area contributed by atoms with Gasteiger partial charge in [-0.15, -0.1) is 0 Å². The van der Waals surface area contributed by atoms with E-state index in [1.807, 2.05) is 37.3 Å². The minimum absolute atomic E-state index is 0.331. The minimum atomic E-state index is -0.891. The lowest BCUT2D eigenvalue weighted by molar-refractivity contribution is -0.146. The Kier molecular flexibility index (Phi) is 4.68. The Morgan fingerprint density at radius 2 is 1.89 bits per heavy atom. The van der Waals surface area contributed by atoms with Gasteiger partial charge in [0.25, 0.3) is 0 Å². The molecule has 3 nitrogen and oxygen atoms in total. The standard InChI is InChI=1S/C25H25NO2/c1-17(2)19-10-6-8-18(14-15-19)16-23-24(27)28-25(3,26-23)22-13-7-11-20-9-4-5-12-21(20)22/h4-9,11-17,26H,10H2,1-3H3/b23-16-. The van der Waals surface area contributed by atoms with Gasteiger partial charge in [0.05, 0.1) is 0 Å². The van der Waals surface area contributed by atoms with E-state index in [1.54, 1.807) is 0 Å². The number of carbonyl (C=O) groups excluding carboxylic acids is 1. The molecule has 0 amide bonds. The summed E-state index contributed by atoms with van der Waals surface area (Å²) >= 11 is 0. The molecule has 142 valence electrons. The Bertz CT molecular complexity index is 1050. The molecule has 1 unspecified atom stereocenters. The molecule has 28 heavy (non-hydrogen) atoms. The first-order chi connectivity index (χ1) is 13.5. The van der Waals surface area contributed by atoms with Crippen molar-refractivity contribution in [2.24, 2.45) is 5.92 Å². The molecule has 0 bridgehead atoms. The second-order valence-corrected chi connectivity index (χ2v) is 7.80. The molecule has 0 aromatic heterocycles. The third-order valence-corrected chi connectivity index (χ3v) is 5.40. The van der Waals surface area contributed by atoms with Gasteiger partial charge in [0.2, 0.25) is 5.72 Å². The number of hydrogen-bond acceptors (Lipinski definition) is 3. The van der Waals surface area contributed by atoms with Crippen LogP contribution in [0.25, 0.3) is 10.8 Å². The number of cyclic esters (lactones) is 1. The fraction of sp³-hybridized carbons (Fsp3) is 0.240. The smallest absolute Gasteiger partial charge is 0.356 e. The van der Waals surface area contributed by atoms with E-state index in [0.717, 1.165) is 28.3 Å². The Morgan fingerprint density at radius 3 is 2.71 bits per heavy atom. The van der Waals surface area contributed by atoms with Crippen LogP contribution in [0.4, 0.5) is 0 Å². The van der Waals surface area contributed by atoms with Crippen molar-refractivity contribution in [2.75, 3.05) is 0 Å². The zero-order chi connectivity index (χ0) is 19.7. The van der Waals surface area contributed by atoms with Crippen molar-refractivity contribution in [1.29, 1.82) is 0 Å². The van der Waals surface area contributed by atoms with E-state index in [0.29, 0.717) is 11.6 Å². The predicted molar refractivity (Wildman–Crippen MR) is 113 cm³/mol. The molecule has 4 rings (SSSR count). The zero-order valence-corrected chi connectivity index (χ0v) is 16.5. The van der Waals surface area contributed by atoms with Crippen molar-refractivity contribution in [1.82, 2.24) is 5.32 Å². The van der Waals surface area contributed by atoms with Gasteiger partial charge in [-0.05, 0) is 41.7 Å². The molecular weight excluding hydrogens is 346 g/mol. The van der Waals surface area contributed by atoms with Crippen LogP contribution in [0.2, 0.25) is 0 Å². The highest BCUT2D eigenvalue weighted by Gasteiger charge is 2.41. The summed E-state index contributed by atoms with van der Waals surface area (Å²) in [5.74, 6) is 0.180. The van der Waals surface area contributed by atoms with Crippen molar-refractivity contribution in [3.63, 3.8) is 0 Å². The van der Waals surface area contributed by atoms with E-state index in [2.05, 4.69) is 61.7 Å². The van der Waals surface area contributed by atoms with Crippen LogP contribution in [0, 0.1) is 5.92 Å². The Balaban J connectivity index is 1.68. The molecule has 1 N–H and O–H groups in total. The molecule has 1 saturated heterocycles. The van der Waals surface area contributed by atoms with Gasteiger partial charge in [0, 0.05) is 5.56 Å². The summed E-state index contributed by atoms with van der Waals surface area (Å²) in [6, 6.07) is 14.2. The quantitative estimate of drug-likeness (QED) is 0.571. The molecule has 3 heteroatoms. The summed E-state index contributed by atoms with van der Waals surface area (Å²) < 4.78 is 5.80. The Morgan fingerprint density at radius 1 is 1.11 bits per heavy atom. The number of hydrogen-bond donors (Lipinski definition) is 1. The minimum Gasteiger partial charge on any atom is -0.430 e. The predicted octanol–water partition coefficient (Wildman–Crippen LogP) is 5.51. The summed E-state index contributed by atoms with van der Waals surface area (Å²) in [5, 5.41) is 5.52. The molecule has 1 fully saturated rings. The van der Waals surface area contributed by atoms with E-state index in [1.165, 1.54) is 5.57 Å². The van der Waals surface area contributed by atoms with Crippen LogP contribution in [0.5, 0.6) is 0 Å². The first kappa shape index (κ1) is 18.3.